The van der Waals surface area contributed by atoms with Gasteiger partial charge in [-0.15, -0.1) is 0 Å². The molecule has 8 unspecified atom stereocenters. The van der Waals surface area contributed by atoms with Crippen molar-refractivity contribution in [2.75, 3.05) is 5.32 Å². The lowest BCUT2D eigenvalue weighted by Crippen LogP contribution is -2.57. The molecule has 0 radical (unpaired) electrons. The Kier molecular flexibility index (Phi) is 6.81. The minimum Gasteiger partial charge on any atom is -0.359 e. The Morgan fingerprint density at radius 2 is 1.80 bits per heavy atom. The molecule has 6 rings (SSSR count). The molecule has 1 saturated carbocycles. The van der Waals surface area contributed by atoms with Crippen LogP contribution in [0.2, 0.25) is 0 Å². The van der Waals surface area contributed by atoms with E-state index in [9.17, 15) is 14.4 Å². The van der Waals surface area contributed by atoms with Gasteiger partial charge < -0.3 is 20.3 Å². The van der Waals surface area contributed by atoms with Gasteiger partial charge in [-0.2, -0.15) is 0 Å². The number of carbonyl (C=O) groups is 3. The second kappa shape index (κ2) is 10.2. The highest BCUT2D eigenvalue weighted by Crippen LogP contribution is 2.55. The Balaban J connectivity index is 1.32. The Labute approximate surface area is 236 Å². The lowest BCUT2D eigenvalue weighted by molar-refractivity contribution is -0.142. The fourth-order valence-corrected chi connectivity index (χ4v) is 7.31. The van der Waals surface area contributed by atoms with Crippen LogP contribution in [0.1, 0.15) is 49.8 Å². The summed E-state index contributed by atoms with van der Waals surface area (Å²) >= 11 is 0. The molecule has 1 aliphatic carbocycles. The van der Waals surface area contributed by atoms with Gasteiger partial charge in [-0.05, 0) is 60.9 Å². The second-order valence-corrected chi connectivity index (χ2v) is 12.3. The average molecular weight is 542 g/mol. The standard InChI is InChI=1S/C33H39N3O4/c1-19-13-14-24(17-21(19)3)34-30(37)27-26-15-16-33(40-26)28(27)32(39)36(18-23-10-6-5-7-11-23)29(33)31(38)35-25-12-8-9-20(2)22(25)4/h5-7,10-11,13-17,20,22,25-29H,8-9,12,18H2,1-4H3,(H,34,37)(H,35,38). The summed E-state index contributed by atoms with van der Waals surface area (Å²) in [5.74, 6) is -1.28. The zero-order valence-electron chi connectivity index (χ0n) is 23.7. The molecule has 3 aliphatic heterocycles. The van der Waals surface area contributed by atoms with Crippen molar-refractivity contribution in [3.05, 3.63) is 77.4 Å². The van der Waals surface area contributed by atoms with Crippen molar-refractivity contribution in [2.24, 2.45) is 23.7 Å². The molecule has 210 valence electrons. The summed E-state index contributed by atoms with van der Waals surface area (Å²) in [6.07, 6.45) is 6.35. The number of hydrogen-bond acceptors (Lipinski definition) is 4. The fourth-order valence-electron chi connectivity index (χ4n) is 7.31. The number of nitrogens with one attached hydrogen (secondary N) is 2. The molecular formula is C33H39N3O4. The third kappa shape index (κ3) is 4.35. The van der Waals surface area contributed by atoms with Gasteiger partial charge in [0.2, 0.25) is 17.7 Å². The van der Waals surface area contributed by atoms with Crippen LogP contribution in [0.4, 0.5) is 5.69 Å². The fraction of sp³-hybridized carbons (Fsp3) is 0.485. The number of aryl methyl sites for hydroxylation is 2. The molecule has 40 heavy (non-hydrogen) atoms. The van der Waals surface area contributed by atoms with Crippen LogP contribution in [0.25, 0.3) is 0 Å². The summed E-state index contributed by atoms with van der Waals surface area (Å²) in [5.41, 5.74) is 2.66. The first-order chi connectivity index (χ1) is 19.2. The van der Waals surface area contributed by atoms with Gasteiger partial charge in [-0.25, -0.2) is 0 Å². The van der Waals surface area contributed by atoms with Gasteiger partial charge in [-0.1, -0.05) is 75.2 Å². The van der Waals surface area contributed by atoms with Crippen molar-refractivity contribution in [1.82, 2.24) is 10.2 Å². The maximum atomic E-state index is 14.2. The van der Waals surface area contributed by atoms with E-state index < -0.39 is 29.6 Å². The highest BCUT2D eigenvalue weighted by Gasteiger charge is 2.72. The molecule has 2 bridgehead atoms. The first-order valence-corrected chi connectivity index (χ1v) is 14.6. The Bertz CT molecular complexity index is 1360. The molecule has 3 amide bonds. The van der Waals surface area contributed by atoms with Crippen molar-refractivity contribution in [2.45, 2.75) is 77.3 Å². The number of amides is 3. The van der Waals surface area contributed by atoms with Crippen LogP contribution in [0.3, 0.4) is 0 Å². The van der Waals surface area contributed by atoms with E-state index in [4.69, 9.17) is 4.74 Å². The number of hydrogen-bond donors (Lipinski definition) is 2. The van der Waals surface area contributed by atoms with Gasteiger partial charge in [0.15, 0.2) is 0 Å². The molecule has 3 fully saturated rings. The Morgan fingerprint density at radius 3 is 2.55 bits per heavy atom. The largest absolute Gasteiger partial charge is 0.359 e. The molecule has 8 atom stereocenters. The van der Waals surface area contributed by atoms with Crippen molar-refractivity contribution < 1.29 is 19.1 Å². The summed E-state index contributed by atoms with van der Waals surface area (Å²) in [5, 5.41) is 6.34. The molecular weight excluding hydrogens is 502 g/mol. The lowest BCUT2D eigenvalue weighted by atomic mass is 9.73. The topological polar surface area (TPSA) is 87.7 Å². The minimum atomic E-state index is -1.17. The summed E-state index contributed by atoms with van der Waals surface area (Å²) in [6.45, 7) is 8.74. The zero-order valence-corrected chi connectivity index (χ0v) is 23.7. The van der Waals surface area contributed by atoms with Crippen LogP contribution in [0, 0.1) is 37.5 Å². The van der Waals surface area contributed by atoms with E-state index in [-0.39, 0.29) is 30.3 Å². The second-order valence-electron chi connectivity index (χ2n) is 12.3. The third-order valence-corrected chi connectivity index (χ3v) is 9.93. The summed E-state index contributed by atoms with van der Waals surface area (Å²) in [7, 11) is 0. The van der Waals surface area contributed by atoms with Crippen molar-refractivity contribution in [1.29, 1.82) is 0 Å². The molecule has 2 N–H and O–H groups in total. The van der Waals surface area contributed by atoms with Gasteiger partial charge in [0.05, 0.1) is 17.9 Å². The van der Waals surface area contributed by atoms with E-state index in [0.29, 0.717) is 17.5 Å². The number of fused-ring (bicyclic) bond motifs is 1. The highest BCUT2D eigenvalue weighted by atomic mass is 16.5. The molecule has 4 aliphatic rings. The van der Waals surface area contributed by atoms with Crippen molar-refractivity contribution in [3.8, 4) is 0 Å². The number of rotatable bonds is 6. The van der Waals surface area contributed by atoms with E-state index in [2.05, 4.69) is 24.5 Å². The molecule has 2 aromatic carbocycles. The van der Waals surface area contributed by atoms with E-state index in [1.807, 2.05) is 74.5 Å². The van der Waals surface area contributed by atoms with Crippen LogP contribution >= 0.6 is 0 Å². The maximum Gasteiger partial charge on any atom is 0.246 e. The number of benzene rings is 2. The average Bonchev–Trinajstić information content (AvgIpc) is 3.57. The summed E-state index contributed by atoms with van der Waals surface area (Å²) in [6, 6.07) is 14.7. The molecule has 3 heterocycles. The number of anilines is 1. The molecule has 0 aromatic heterocycles. The monoisotopic (exact) mass is 541 g/mol. The van der Waals surface area contributed by atoms with Crippen molar-refractivity contribution in [3.63, 3.8) is 0 Å². The molecule has 2 aromatic rings. The Morgan fingerprint density at radius 1 is 1.02 bits per heavy atom. The van der Waals surface area contributed by atoms with Gasteiger partial charge in [0, 0.05) is 18.3 Å². The smallest absolute Gasteiger partial charge is 0.246 e. The van der Waals surface area contributed by atoms with Gasteiger partial charge in [0.25, 0.3) is 0 Å². The SMILES string of the molecule is Cc1ccc(NC(=O)C2C3C=CC4(O3)C2C(=O)N(Cc2ccccc2)C4C(=O)NC2CCCC(C)C2C)cc1C. The van der Waals surface area contributed by atoms with E-state index in [0.717, 1.165) is 36.0 Å². The van der Waals surface area contributed by atoms with Crippen LogP contribution in [-0.4, -0.2) is 46.4 Å². The van der Waals surface area contributed by atoms with Gasteiger partial charge in [-0.3, -0.25) is 14.4 Å². The quantitative estimate of drug-likeness (QED) is 0.526. The van der Waals surface area contributed by atoms with Crippen molar-refractivity contribution >= 4 is 23.4 Å². The van der Waals surface area contributed by atoms with Crippen LogP contribution < -0.4 is 10.6 Å². The Hall–Kier alpha value is -3.45. The van der Waals surface area contributed by atoms with E-state index in [1.165, 1.54) is 0 Å². The lowest BCUT2D eigenvalue weighted by Gasteiger charge is -2.38. The predicted octanol–water partition coefficient (Wildman–Crippen LogP) is 4.53. The summed E-state index contributed by atoms with van der Waals surface area (Å²) < 4.78 is 6.51. The van der Waals surface area contributed by atoms with Gasteiger partial charge >= 0.3 is 0 Å². The van der Waals surface area contributed by atoms with Crippen LogP contribution in [0.15, 0.2) is 60.7 Å². The number of likely N-dealkylation sites (tertiary alicyclic amines) is 1. The van der Waals surface area contributed by atoms with E-state index >= 15 is 0 Å². The zero-order chi connectivity index (χ0) is 28.2. The predicted molar refractivity (Wildman–Crippen MR) is 153 cm³/mol. The molecule has 2 saturated heterocycles. The first kappa shape index (κ1) is 26.8. The first-order valence-electron chi connectivity index (χ1n) is 14.6. The normalized spacial score (nSPS) is 34.1. The van der Waals surface area contributed by atoms with Crippen LogP contribution in [-0.2, 0) is 25.7 Å². The maximum absolute atomic E-state index is 14.2. The van der Waals surface area contributed by atoms with Gasteiger partial charge in [0.1, 0.15) is 11.6 Å². The third-order valence-electron chi connectivity index (χ3n) is 9.93. The molecule has 1 spiro atoms. The number of carbonyl (C=O) groups excluding carboxylic acids is 3. The van der Waals surface area contributed by atoms with E-state index in [1.54, 1.807) is 4.90 Å². The molecule has 7 heteroatoms. The number of ether oxygens (including phenoxy) is 1. The number of nitrogens with zero attached hydrogens (tertiary/aromatic N) is 1. The highest BCUT2D eigenvalue weighted by molar-refractivity contribution is 6.02. The minimum absolute atomic E-state index is 0.0480. The molecule has 7 nitrogen and oxygen atoms in total. The summed E-state index contributed by atoms with van der Waals surface area (Å²) in [4.78, 5) is 43.7. The van der Waals surface area contributed by atoms with Crippen LogP contribution in [0.5, 0.6) is 0 Å².